The van der Waals surface area contributed by atoms with E-state index in [1.54, 1.807) is 21.3 Å². The van der Waals surface area contributed by atoms with E-state index in [0.717, 1.165) is 44.7 Å². The average Bonchev–Trinajstić information content (AvgIpc) is 2.65. The number of piperazine rings is 1. The number of carbonyl (C=O) groups excluding carboxylic acids is 1. The predicted octanol–water partition coefficient (Wildman–Crippen LogP) is 1.94. The summed E-state index contributed by atoms with van der Waals surface area (Å²) >= 11 is 0. The van der Waals surface area contributed by atoms with Crippen molar-refractivity contribution in [2.45, 2.75) is 19.4 Å². The van der Waals surface area contributed by atoms with E-state index in [2.05, 4.69) is 4.90 Å². The van der Waals surface area contributed by atoms with Crippen LogP contribution in [0.3, 0.4) is 0 Å². The van der Waals surface area contributed by atoms with Crippen LogP contribution in [-0.2, 0) is 11.3 Å². The van der Waals surface area contributed by atoms with Gasteiger partial charge < -0.3 is 24.8 Å². The molecule has 9 heteroatoms. The zero-order valence-corrected chi connectivity index (χ0v) is 17.9. The molecule has 156 valence electrons. The summed E-state index contributed by atoms with van der Waals surface area (Å²) in [4.78, 5) is 16.3. The summed E-state index contributed by atoms with van der Waals surface area (Å²) in [5.74, 6) is 2.13. The van der Waals surface area contributed by atoms with Crippen molar-refractivity contribution in [3.05, 3.63) is 17.7 Å². The van der Waals surface area contributed by atoms with Crippen LogP contribution in [0.4, 0.5) is 0 Å². The van der Waals surface area contributed by atoms with Gasteiger partial charge in [-0.25, -0.2) is 0 Å². The SMILES string of the molecule is COc1cc(CN2CCN(C(=O)CCCN)CC2)cc(OC)c1OC.Cl.Cl. The van der Waals surface area contributed by atoms with Crippen molar-refractivity contribution in [2.75, 3.05) is 54.1 Å². The van der Waals surface area contributed by atoms with Gasteiger partial charge in [0.2, 0.25) is 11.7 Å². The summed E-state index contributed by atoms with van der Waals surface area (Å²) in [7, 11) is 4.83. The van der Waals surface area contributed by atoms with Gasteiger partial charge in [-0.05, 0) is 30.7 Å². The molecule has 1 fully saturated rings. The number of nitrogens with zero attached hydrogens (tertiary/aromatic N) is 2. The van der Waals surface area contributed by atoms with Crippen molar-refractivity contribution in [3.63, 3.8) is 0 Å². The molecule has 0 bridgehead atoms. The molecular weight excluding hydrogens is 393 g/mol. The van der Waals surface area contributed by atoms with Gasteiger partial charge in [0.1, 0.15) is 0 Å². The molecule has 0 unspecified atom stereocenters. The smallest absolute Gasteiger partial charge is 0.222 e. The largest absolute Gasteiger partial charge is 0.493 e. The van der Waals surface area contributed by atoms with Gasteiger partial charge in [0.15, 0.2) is 11.5 Å². The standard InChI is InChI=1S/C18H29N3O4.2ClH/c1-23-15-11-14(12-16(24-2)18(15)25-3)13-20-7-9-21(10-8-20)17(22)5-4-6-19;;/h11-12H,4-10,13,19H2,1-3H3;2*1H. The molecule has 1 saturated heterocycles. The highest BCUT2D eigenvalue weighted by Crippen LogP contribution is 2.38. The lowest BCUT2D eigenvalue weighted by Gasteiger charge is -2.35. The third-order valence-corrected chi connectivity index (χ3v) is 4.45. The molecule has 0 saturated carbocycles. The fourth-order valence-electron chi connectivity index (χ4n) is 3.05. The van der Waals surface area contributed by atoms with Crippen LogP contribution >= 0.6 is 24.8 Å². The summed E-state index contributed by atoms with van der Waals surface area (Å²) in [6, 6.07) is 3.94. The van der Waals surface area contributed by atoms with Crippen LogP contribution in [0, 0.1) is 0 Å². The summed E-state index contributed by atoms with van der Waals surface area (Å²) in [6.07, 6.45) is 1.30. The molecule has 1 aliphatic rings. The molecule has 7 nitrogen and oxygen atoms in total. The average molecular weight is 424 g/mol. The number of nitrogens with two attached hydrogens (primary N) is 1. The normalized spacial score (nSPS) is 14.0. The maximum Gasteiger partial charge on any atom is 0.222 e. The highest BCUT2D eigenvalue weighted by atomic mass is 35.5. The molecule has 0 atom stereocenters. The van der Waals surface area contributed by atoms with Crippen LogP contribution in [0.2, 0.25) is 0 Å². The Kier molecular flexibility index (Phi) is 12.2. The number of carbonyl (C=O) groups is 1. The lowest BCUT2D eigenvalue weighted by molar-refractivity contribution is -0.133. The first-order chi connectivity index (χ1) is 12.1. The van der Waals surface area contributed by atoms with Crippen LogP contribution in [-0.4, -0.2) is 69.8 Å². The van der Waals surface area contributed by atoms with Crippen LogP contribution in [0.15, 0.2) is 12.1 Å². The van der Waals surface area contributed by atoms with Crippen molar-refractivity contribution in [1.29, 1.82) is 0 Å². The molecule has 2 rings (SSSR count). The second-order valence-corrected chi connectivity index (χ2v) is 6.08. The highest BCUT2D eigenvalue weighted by Gasteiger charge is 2.21. The topological polar surface area (TPSA) is 77.3 Å². The molecule has 1 amide bonds. The number of amides is 1. The van der Waals surface area contributed by atoms with Gasteiger partial charge in [0.05, 0.1) is 21.3 Å². The molecule has 0 radical (unpaired) electrons. The minimum absolute atomic E-state index is 0. The molecular formula is C18H31Cl2N3O4. The molecule has 1 aromatic rings. The summed E-state index contributed by atoms with van der Waals surface area (Å²) in [5.41, 5.74) is 6.57. The van der Waals surface area contributed by atoms with Gasteiger partial charge in [-0.1, -0.05) is 0 Å². The van der Waals surface area contributed by atoms with E-state index in [9.17, 15) is 4.79 Å². The van der Waals surface area contributed by atoms with Gasteiger partial charge in [-0.2, -0.15) is 0 Å². The van der Waals surface area contributed by atoms with E-state index in [4.69, 9.17) is 19.9 Å². The van der Waals surface area contributed by atoms with Gasteiger partial charge in [0.25, 0.3) is 0 Å². The molecule has 1 heterocycles. The highest BCUT2D eigenvalue weighted by molar-refractivity contribution is 5.85. The zero-order chi connectivity index (χ0) is 18.2. The van der Waals surface area contributed by atoms with Crippen molar-refractivity contribution >= 4 is 30.7 Å². The second-order valence-electron chi connectivity index (χ2n) is 6.08. The maximum atomic E-state index is 12.1. The first-order valence-corrected chi connectivity index (χ1v) is 8.62. The van der Waals surface area contributed by atoms with E-state index >= 15 is 0 Å². The lowest BCUT2D eigenvalue weighted by atomic mass is 10.1. The summed E-state index contributed by atoms with van der Waals surface area (Å²) in [6.45, 7) is 4.56. The Balaban J connectivity index is 0.00000338. The molecule has 0 aliphatic carbocycles. The summed E-state index contributed by atoms with van der Waals surface area (Å²) in [5, 5.41) is 0. The molecule has 27 heavy (non-hydrogen) atoms. The maximum absolute atomic E-state index is 12.1. The summed E-state index contributed by atoms with van der Waals surface area (Å²) < 4.78 is 16.2. The second kappa shape index (κ2) is 12.9. The Bertz CT molecular complexity index is 557. The van der Waals surface area contributed by atoms with Crippen LogP contribution in [0.5, 0.6) is 17.2 Å². The number of hydrogen-bond acceptors (Lipinski definition) is 6. The van der Waals surface area contributed by atoms with Crippen LogP contribution < -0.4 is 19.9 Å². The Morgan fingerprint density at radius 1 is 1.00 bits per heavy atom. The van der Waals surface area contributed by atoms with Gasteiger partial charge in [0, 0.05) is 39.1 Å². The minimum atomic E-state index is 0. The molecule has 1 aliphatic heterocycles. The van der Waals surface area contributed by atoms with Gasteiger partial charge in [-0.15, -0.1) is 24.8 Å². The van der Waals surface area contributed by atoms with E-state index in [-0.39, 0.29) is 30.7 Å². The predicted molar refractivity (Wildman–Crippen MR) is 111 cm³/mol. The fourth-order valence-corrected chi connectivity index (χ4v) is 3.05. The number of halogens is 2. The first kappa shape index (κ1) is 25.6. The third-order valence-electron chi connectivity index (χ3n) is 4.45. The zero-order valence-electron chi connectivity index (χ0n) is 16.2. The fraction of sp³-hybridized carbons (Fsp3) is 0.611. The molecule has 0 aromatic heterocycles. The molecule has 1 aromatic carbocycles. The van der Waals surface area contributed by atoms with Gasteiger partial charge >= 0.3 is 0 Å². The quantitative estimate of drug-likeness (QED) is 0.688. The monoisotopic (exact) mass is 423 g/mol. The minimum Gasteiger partial charge on any atom is -0.493 e. The lowest BCUT2D eigenvalue weighted by Crippen LogP contribution is -2.48. The number of methoxy groups -OCH3 is 3. The Hall–Kier alpha value is -1.41. The number of ether oxygens (including phenoxy) is 3. The Morgan fingerprint density at radius 2 is 1.56 bits per heavy atom. The van der Waals surface area contributed by atoms with E-state index in [1.165, 1.54) is 0 Å². The van der Waals surface area contributed by atoms with Crippen molar-refractivity contribution in [2.24, 2.45) is 5.73 Å². The number of benzene rings is 1. The molecule has 2 N–H and O–H groups in total. The van der Waals surface area contributed by atoms with Crippen LogP contribution in [0.1, 0.15) is 18.4 Å². The molecule has 0 spiro atoms. The Labute approximate surface area is 173 Å². The van der Waals surface area contributed by atoms with E-state index in [1.807, 2.05) is 17.0 Å². The van der Waals surface area contributed by atoms with Crippen molar-refractivity contribution < 1.29 is 19.0 Å². The van der Waals surface area contributed by atoms with Crippen LogP contribution in [0.25, 0.3) is 0 Å². The first-order valence-electron chi connectivity index (χ1n) is 8.62. The van der Waals surface area contributed by atoms with Crippen molar-refractivity contribution in [3.8, 4) is 17.2 Å². The van der Waals surface area contributed by atoms with E-state index in [0.29, 0.717) is 30.2 Å². The number of rotatable bonds is 8. The van der Waals surface area contributed by atoms with E-state index < -0.39 is 0 Å². The third kappa shape index (κ3) is 6.92. The Morgan fingerprint density at radius 3 is 2.00 bits per heavy atom. The number of hydrogen-bond donors (Lipinski definition) is 1. The van der Waals surface area contributed by atoms with Gasteiger partial charge in [-0.3, -0.25) is 9.69 Å². The van der Waals surface area contributed by atoms with Crippen molar-refractivity contribution in [1.82, 2.24) is 9.80 Å².